The maximum atomic E-state index is 3.75. The van der Waals surface area contributed by atoms with Crippen LogP contribution in [0.4, 0.5) is 0 Å². The van der Waals surface area contributed by atoms with Crippen LogP contribution < -0.4 is 0 Å². The van der Waals surface area contributed by atoms with Gasteiger partial charge in [-0.05, 0) is 5.57 Å². The second-order valence-corrected chi connectivity index (χ2v) is 1.78. The highest BCUT2D eigenvalue weighted by atomic mass is 14.0. The molecule has 0 aromatic carbocycles. The molecule has 0 N–H and O–H groups in total. The first kappa shape index (κ1) is 7.96. The van der Waals surface area contributed by atoms with Crippen molar-refractivity contribution in [1.82, 2.24) is 0 Å². The summed E-state index contributed by atoms with van der Waals surface area (Å²) in [5.74, 6) is 0.183. The SMILES string of the molecule is C=CC(=C)C(C=C)C=C. The molecule has 0 saturated carbocycles. The summed E-state index contributed by atoms with van der Waals surface area (Å²) >= 11 is 0. The summed E-state index contributed by atoms with van der Waals surface area (Å²) in [6, 6.07) is 0. The zero-order chi connectivity index (χ0) is 7.28. The standard InChI is InChI=1S/C9H12/c1-5-8(4)9(6-2)7-3/h5-7,9H,1-4H2. The maximum absolute atomic E-state index is 3.75. The van der Waals surface area contributed by atoms with Gasteiger partial charge in [0.05, 0.1) is 0 Å². The number of hydrogen-bond acceptors (Lipinski definition) is 0. The lowest BCUT2D eigenvalue weighted by atomic mass is 10.0. The molecule has 0 aromatic heterocycles. The summed E-state index contributed by atoms with van der Waals surface area (Å²) in [5, 5.41) is 0. The topological polar surface area (TPSA) is 0 Å². The molecular formula is C9H12. The van der Waals surface area contributed by atoms with Gasteiger partial charge in [-0.3, -0.25) is 0 Å². The van der Waals surface area contributed by atoms with E-state index in [0.717, 1.165) is 5.57 Å². The fourth-order valence-corrected chi connectivity index (χ4v) is 0.535. The van der Waals surface area contributed by atoms with Crippen LogP contribution >= 0.6 is 0 Å². The fourth-order valence-electron chi connectivity index (χ4n) is 0.535. The van der Waals surface area contributed by atoms with E-state index in [-0.39, 0.29) is 5.92 Å². The van der Waals surface area contributed by atoms with E-state index in [0.29, 0.717) is 0 Å². The van der Waals surface area contributed by atoms with Gasteiger partial charge in [-0.25, -0.2) is 0 Å². The third-order valence-corrected chi connectivity index (χ3v) is 1.20. The predicted molar refractivity (Wildman–Crippen MR) is 43.2 cm³/mol. The van der Waals surface area contributed by atoms with Crippen molar-refractivity contribution in [1.29, 1.82) is 0 Å². The van der Waals surface area contributed by atoms with Gasteiger partial charge in [-0.15, -0.1) is 13.2 Å². The molecule has 0 saturated heterocycles. The van der Waals surface area contributed by atoms with Crippen molar-refractivity contribution in [3.63, 3.8) is 0 Å². The minimum atomic E-state index is 0.183. The van der Waals surface area contributed by atoms with E-state index < -0.39 is 0 Å². The molecule has 0 aromatic rings. The van der Waals surface area contributed by atoms with Crippen LogP contribution in [0.2, 0.25) is 0 Å². The molecule has 0 spiro atoms. The molecule has 0 bridgehead atoms. The summed E-state index contributed by atoms with van der Waals surface area (Å²) < 4.78 is 0. The first-order valence-corrected chi connectivity index (χ1v) is 2.82. The van der Waals surface area contributed by atoms with E-state index in [1.54, 1.807) is 18.2 Å². The zero-order valence-electron chi connectivity index (χ0n) is 5.64. The van der Waals surface area contributed by atoms with Crippen molar-refractivity contribution in [2.45, 2.75) is 0 Å². The van der Waals surface area contributed by atoms with E-state index >= 15 is 0 Å². The number of hydrogen-bond donors (Lipinski definition) is 0. The van der Waals surface area contributed by atoms with Gasteiger partial charge in [0.15, 0.2) is 0 Å². The molecule has 48 valence electrons. The monoisotopic (exact) mass is 120 g/mol. The molecule has 0 fully saturated rings. The van der Waals surface area contributed by atoms with E-state index in [1.807, 2.05) is 0 Å². The van der Waals surface area contributed by atoms with Gasteiger partial charge in [0, 0.05) is 5.92 Å². The highest BCUT2D eigenvalue weighted by Crippen LogP contribution is 2.10. The van der Waals surface area contributed by atoms with E-state index in [1.165, 1.54) is 0 Å². The average Bonchev–Trinajstić information content (AvgIpc) is 1.90. The third kappa shape index (κ3) is 2.13. The van der Waals surface area contributed by atoms with Crippen LogP contribution in [0.25, 0.3) is 0 Å². The van der Waals surface area contributed by atoms with Crippen LogP contribution in [0.1, 0.15) is 0 Å². The minimum absolute atomic E-state index is 0.183. The number of rotatable bonds is 4. The molecule has 0 heteroatoms. The largest absolute Gasteiger partial charge is 0.102 e. The minimum Gasteiger partial charge on any atom is -0.102 e. The molecule has 0 unspecified atom stereocenters. The molecule has 0 rings (SSSR count). The van der Waals surface area contributed by atoms with Crippen molar-refractivity contribution >= 4 is 0 Å². The summed E-state index contributed by atoms with van der Waals surface area (Å²) in [6.07, 6.45) is 5.29. The van der Waals surface area contributed by atoms with E-state index in [2.05, 4.69) is 26.3 Å². The Kier molecular flexibility index (Phi) is 3.45. The predicted octanol–water partition coefficient (Wildman–Crippen LogP) is 2.72. The zero-order valence-corrected chi connectivity index (χ0v) is 5.64. The highest BCUT2D eigenvalue weighted by molar-refractivity contribution is 5.23. The van der Waals surface area contributed by atoms with E-state index in [4.69, 9.17) is 0 Å². The Balaban J connectivity index is 4.09. The van der Waals surface area contributed by atoms with Crippen molar-refractivity contribution in [2.75, 3.05) is 0 Å². The fraction of sp³-hybridized carbons (Fsp3) is 0.111. The lowest BCUT2D eigenvalue weighted by molar-refractivity contribution is 1.02. The van der Waals surface area contributed by atoms with Gasteiger partial charge < -0.3 is 0 Å². The smallest absolute Gasteiger partial charge is 0.0187 e. The Morgan fingerprint density at radius 3 is 1.67 bits per heavy atom. The summed E-state index contributed by atoms with van der Waals surface area (Å²) in [4.78, 5) is 0. The van der Waals surface area contributed by atoms with Gasteiger partial charge in [-0.1, -0.05) is 31.4 Å². The van der Waals surface area contributed by atoms with Gasteiger partial charge in [0.2, 0.25) is 0 Å². The number of allylic oxidation sites excluding steroid dienone is 4. The molecule has 0 aliphatic rings. The van der Waals surface area contributed by atoms with Crippen LogP contribution in [0.5, 0.6) is 0 Å². The molecule has 0 heterocycles. The molecule has 0 nitrogen and oxygen atoms in total. The van der Waals surface area contributed by atoms with Crippen LogP contribution in [0.15, 0.2) is 50.1 Å². The third-order valence-electron chi connectivity index (χ3n) is 1.20. The van der Waals surface area contributed by atoms with Crippen LogP contribution in [0.3, 0.4) is 0 Å². The van der Waals surface area contributed by atoms with E-state index in [9.17, 15) is 0 Å². The second kappa shape index (κ2) is 3.90. The average molecular weight is 120 g/mol. The quantitative estimate of drug-likeness (QED) is 0.395. The summed E-state index contributed by atoms with van der Waals surface area (Å²) in [6.45, 7) is 14.6. The van der Waals surface area contributed by atoms with Crippen LogP contribution in [-0.2, 0) is 0 Å². The Morgan fingerprint density at radius 2 is 1.56 bits per heavy atom. The first-order valence-electron chi connectivity index (χ1n) is 2.82. The van der Waals surface area contributed by atoms with Crippen molar-refractivity contribution in [2.24, 2.45) is 5.92 Å². The molecule has 0 aliphatic heterocycles. The normalized spacial score (nSPS) is 8.56. The molecule has 0 atom stereocenters. The first-order chi connectivity index (χ1) is 4.26. The lowest BCUT2D eigenvalue weighted by Crippen LogP contribution is -1.90. The van der Waals surface area contributed by atoms with Crippen molar-refractivity contribution in [3.05, 3.63) is 50.1 Å². The Bertz CT molecular complexity index is 132. The Labute approximate surface area is 56.9 Å². The molecule has 0 aliphatic carbocycles. The molecule has 0 amide bonds. The van der Waals surface area contributed by atoms with Crippen molar-refractivity contribution < 1.29 is 0 Å². The van der Waals surface area contributed by atoms with Gasteiger partial charge in [0.25, 0.3) is 0 Å². The Hall–Kier alpha value is -1.04. The second-order valence-electron chi connectivity index (χ2n) is 1.78. The molecule has 0 radical (unpaired) electrons. The van der Waals surface area contributed by atoms with Crippen LogP contribution in [0, 0.1) is 5.92 Å². The van der Waals surface area contributed by atoms with Gasteiger partial charge in [-0.2, -0.15) is 0 Å². The Morgan fingerprint density at radius 1 is 1.11 bits per heavy atom. The summed E-state index contributed by atoms with van der Waals surface area (Å²) in [5.41, 5.74) is 0.944. The molecule has 9 heavy (non-hydrogen) atoms. The van der Waals surface area contributed by atoms with Gasteiger partial charge >= 0.3 is 0 Å². The molecular weight excluding hydrogens is 108 g/mol. The summed E-state index contributed by atoms with van der Waals surface area (Å²) in [7, 11) is 0. The maximum Gasteiger partial charge on any atom is 0.0187 e. The van der Waals surface area contributed by atoms with Gasteiger partial charge in [0.1, 0.15) is 0 Å². The lowest BCUT2D eigenvalue weighted by Gasteiger charge is -2.03. The van der Waals surface area contributed by atoms with Crippen molar-refractivity contribution in [3.8, 4) is 0 Å². The van der Waals surface area contributed by atoms with Crippen LogP contribution in [-0.4, -0.2) is 0 Å². The highest BCUT2D eigenvalue weighted by Gasteiger charge is 1.96.